The number of amides is 2. The lowest BCUT2D eigenvalue weighted by atomic mass is 10.1. The Labute approximate surface area is 168 Å². The van der Waals surface area contributed by atoms with Gasteiger partial charge in [-0.3, -0.25) is 14.4 Å². The topological polar surface area (TPSA) is 111 Å². The molecule has 8 heteroatoms. The number of hydrogen-bond acceptors (Lipinski definition) is 6. The lowest BCUT2D eigenvalue weighted by molar-refractivity contribution is -0.150. The SMILES string of the molecule is CCc1ccccc1NC(=O)CNC(=O)COC(=O)COc1ccc(C=O)cc1. The number of esters is 1. The number of anilines is 1. The van der Waals surface area contributed by atoms with Crippen molar-refractivity contribution in [2.75, 3.05) is 25.1 Å². The Bertz CT molecular complexity index is 864. The van der Waals surface area contributed by atoms with Crippen molar-refractivity contribution in [1.29, 1.82) is 0 Å². The third kappa shape index (κ3) is 7.45. The fraction of sp³-hybridized carbons (Fsp3) is 0.238. The number of hydrogen-bond donors (Lipinski definition) is 2. The lowest BCUT2D eigenvalue weighted by Crippen LogP contribution is -2.36. The molecule has 0 unspecified atom stereocenters. The second-order valence-corrected chi connectivity index (χ2v) is 5.97. The molecule has 2 N–H and O–H groups in total. The van der Waals surface area contributed by atoms with Crippen LogP contribution >= 0.6 is 0 Å². The monoisotopic (exact) mass is 398 g/mol. The standard InChI is InChI=1S/C21H22N2O6/c1-2-16-5-3-4-6-18(16)23-19(25)11-22-20(26)13-29-21(27)14-28-17-9-7-15(12-24)8-10-17/h3-10,12H,2,11,13-14H2,1H3,(H,22,26)(H,23,25). The molecule has 29 heavy (non-hydrogen) atoms. The summed E-state index contributed by atoms with van der Waals surface area (Å²) in [6, 6.07) is 13.6. The summed E-state index contributed by atoms with van der Waals surface area (Å²) in [4.78, 5) is 45.9. The van der Waals surface area contributed by atoms with Gasteiger partial charge in [-0.15, -0.1) is 0 Å². The minimum absolute atomic E-state index is 0.242. The Morgan fingerprint density at radius 3 is 2.38 bits per heavy atom. The molecule has 0 aromatic heterocycles. The highest BCUT2D eigenvalue weighted by Gasteiger charge is 2.11. The predicted octanol–water partition coefficient (Wildman–Crippen LogP) is 1.74. The van der Waals surface area contributed by atoms with Gasteiger partial charge in [-0.25, -0.2) is 4.79 Å². The maximum atomic E-state index is 12.0. The Kier molecular flexibility index (Phi) is 8.37. The number of nitrogens with one attached hydrogen (secondary N) is 2. The Morgan fingerprint density at radius 1 is 0.966 bits per heavy atom. The minimum atomic E-state index is -0.735. The summed E-state index contributed by atoms with van der Waals surface area (Å²) in [5.74, 6) is -1.33. The molecule has 0 aliphatic carbocycles. The van der Waals surface area contributed by atoms with E-state index < -0.39 is 18.5 Å². The van der Waals surface area contributed by atoms with Gasteiger partial charge < -0.3 is 20.1 Å². The Balaban J connectivity index is 1.66. The second-order valence-electron chi connectivity index (χ2n) is 5.97. The molecule has 0 aliphatic rings. The summed E-state index contributed by atoms with van der Waals surface area (Å²) in [5, 5.41) is 5.10. The second kappa shape index (κ2) is 11.2. The van der Waals surface area contributed by atoms with E-state index in [0.29, 0.717) is 23.3 Å². The van der Waals surface area contributed by atoms with Crippen LogP contribution in [0.4, 0.5) is 5.69 Å². The molecule has 0 aliphatic heterocycles. The Hall–Kier alpha value is -3.68. The molecule has 0 bridgehead atoms. The van der Waals surface area contributed by atoms with Gasteiger partial charge >= 0.3 is 5.97 Å². The van der Waals surface area contributed by atoms with Gasteiger partial charge in [0.2, 0.25) is 5.91 Å². The summed E-state index contributed by atoms with van der Waals surface area (Å²) in [6.45, 7) is 0.826. The zero-order valence-corrected chi connectivity index (χ0v) is 16.0. The molecular weight excluding hydrogens is 376 g/mol. The lowest BCUT2D eigenvalue weighted by Gasteiger charge is -2.10. The Morgan fingerprint density at radius 2 is 1.69 bits per heavy atom. The summed E-state index contributed by atoms with van der Waals surface area (Å²) >= 11 is 0. The summed E-state index contributed by atoms with van der Waals surface area (Å²) in [6.07, 6.45) is 1.46. The molecule has 2 aromatic carbocycles. The van der Waals surface area contributed by atoms with Gasteiger partial charge in [0.15, 0.2) is 13.2 Å². The van der Waals surface area contributed by atoms with Crippen molar-refractivity contribution in [2.45, 2.75) is 13.3 Å². The fourth-order valence-electron chi connectivity index (χ4n) is 2.35. The molecule has 2 aromatic rings. The highest BCUT2D eigenvalue weighted by atomic mass is 16.6. The van der Waals surface area contributed by atoms with Crippen molar-refractivity contribution in [3.63, 3.8) is 0 Å². The van der Waals surface area contributed by atoms with Gasteiger partial charge in [-0.2, -0.15) is 0 Å². The largest absolute Gasteiger partial charge is 0.482 e. The van der Waals surface area contributed by atoms with E-state index in [-0.39, 0.29) is 19.1 Å². The van der Waals surface area contributed by atoms with Crippen LogP contribution in [-0.2, 0) is 25.5 Å². The van der Waals surface area contributed by atoms with Crippen LogP contribution in [0.15, 0.2) is 48.5 Å². The molecule has 8 nitrogen and oxygen atoms in total. The molecule has 0 saturated carbocycles. The molecule has 0 spiro atoms. The highest BCUT2D eigenvalue weighted by Crippen LogP contribution is 2.15. The first-order valence-electron chi connectivity index (χ1n) is 9.00. The highest BCUT2D eigenvalue weighted by molar-refractivity contribution is 5.95. The zero-order chi connectivity index (χ0) is 21.1. The number of carbonyl (C=O) groups is 4. The van der Waals surface area contributed by atoms with Crippen LogP contribution in [0, 0.1) is 0 Å². The van der Waals surface area contributed by atoms with Gasteiger partial charge in [-0.1, -0.05) is 25.1 Å². The van der Waals surface area contributed by atoms with Crippen molar-refractivity contribution in [1.82, 2.24) is 5.32 Å². The van der Waals surface area contributed by atoms with Crippen molar-refractivity contribution >= 4 is 29.8 Å². The van der Waals surface area contributed by atoms with E-state index in [9.17, 15) is 19.2 Å². The molecule has 0 radical (unpaired) electrons. The summed E-state index contributed by atoms with van der Waals surface area (Å²) in [5.41, 5.74) is 2.17. The average molecular weight is 398 g/mol. The number of para-hydroxylation sites is 1. The maximum Gasteiger partial charge on any atom is 0.344 e. The normalized spacial score (nSPS) is 9.97. The van der Waals surface area contributed by atoms with Crippen LogP contribution in [0.1, 0.15) is 22.8 Å². The van der Waals surface area contributed by atoms with Crippen LogP contribution in [0.5, 0.6) is 5.75 Å². The molecule has 0 heterocycles. The molecule has 2 amide bonds. The first kappa shape index (κ1) is 21.6. The third-order valence-corrected chi connectivity index (χ3v) is 3.86. The van der Waals surface area contributed by atoms with E-state index in [0.717, 1.165) is 12.0 Å². The van der Waals surface area contributed by atoms with Crippen molar-refractivity contribution < 1.29 is 28.7 Å². The minimum Gasteiger partial charge on any atom is -0.482 e. The molecule has 2 rings (SSSR count). The van der Waals surface area contributed by atoms with Gasteiger partial charge in [0.05, 0.1) is 6.54 Å². The summed E-state index contributed by atoms with van der Waals surface area (Å²) < 4.78 is 9.99. The van der Waals surface area contributed by atoms with Gasteiger partial charge in [0.25, 0.3) is 5.91 Å². The van der Waals surface area contributed by atoms with E-state index in [4.69, 9.17) is 9.47 Å². The molecular formula is C21H22N2O6. The fourth-order valence-corrected chi connectivity index (χ4v) is 2.35. The van der Waals surface area contributed by atoms with Gasteiger partial charge in [-0.05, 0) is 42.3 Å². The smallest absolute Gasteiger partial charge is 0.344 e. The van der Waals surface area contributed by atoms with E-state index in [2.05, 4.69) is 10.6 Å². The number of carbonyl (C=O) groups excluding carboxylic acids is 4. The van der Waals surface area contributed by atoms with Crippen LogP contribution in [-0.4, -0.2) is 43.8 Å². The first-order chi connectivity index (χ1) is 14.0. The van der Waals surface area contributed by atoms with Crippen molar-refractivity contribution in [3.8, 4) is 5.75 Å². The number of ether oxygens (including phenoxy) is 2. The average Bonchev–Trinajstić information content (AvgIpc) is 2.75. The quantitative estimate of drug-likeness (QED) is 0.466. The van der Waals surface area contributed by atoms with Crippen LogP contribution < -0.4 is 15.4 Å². The number of rotatable bonds is 10. The number of aldehydes is 1. The molecule has 0 atom stereocenters. The number of benzene rings is 2. The zero-order valence-electron chi connectivity index (χ0n) is 16.0. The molecule has 152 valence electrons. The van der Waals surface area contributed by atoms with E-state index in [1.807, 2.05) is 25.1 Å². The van der Waals surface area contributed by atoms with Gasteiger partial charge in [0.1, 0.15) is 12.0 Å². The maximum absolute atomic E-state index is 12.0. The van der Waals surface area contributed by atoms with E-state index in [1.165, 1.54) is 0 Å². The van der Waals surface area contributed by atoms with Crippen molar-refractivity contribution in [3.05, 3.63) is 59.7 Å². The number of aryl methyl sites for hydroxylation is 1. The van der Waals surface area contributed by atoms with E-state index >= 15 is 0 Å². The van der Waals surface area contributed by atoms with Crippen LogP contribution in [0.2, 0.25) is 0 Å². The molecule has 0 fully saturated rings. The molecule has 0 saturated heterocycles. The van der Waals surface area contributed by atoms with Crippen LogP contribution in [0.3, 0.4) is 0 Å². The third-order valence-electron chi connectivity index (χ3n) is 3.86. The predicted molar refractivity (Wildman–Crippen MR) is 106 cm³/mol. The first-order valence-corrected chi connectivity index (χ1v) is 9.00. The van der Waals surface area contributed by atoms with Crippen LogP contribution in [0.25, 0.3) is 0 Å². The van der Waals surface area contributed by atoms with Gasteiger partial charge in [0, 0.05) is 11.3 Å². The van der Waals surface area contributed by atoms with Crippen molar-refractivity contribution in [2.24, 2.45) is 0 Å². The van der Waals surface area contributed by atoms with E-state index in [1.54, 1.807) is 30.3 Å². The summed E-state index contributed by atoms with van der Waals surface area (Å²) in [7, 11) is 0.